The zero-order valence-electron chi connectivity index (χ0n) is 8.94. The third kappa shape index (κ3) is 2.25. The van der Waals surface area contributed by atoms with E-state index >= 15 is 0 Å². The summed E-state index contributed by atoms with van der Waals surface area (Å²) in [5.74, 6) is -0.506. The standard InChI is InChI=1S/C12H12BrNO2/c1-14-12(8-9-13,11(15)16-2)10-6-4-3-5-7-10/h3-7H,8-9H2,2H3/t12-/m1/s1. The largest absolute Gasteiger partial charge is 0.463 e. The lowest BCUT2D eigenvalue weighted by Crippen LogP contribution is -2.34. The van der Waals surface area contributed by atoms with Crippen molar-refractivity contribution < 1.29 is 9.53 Å². The van der Waals surface area contributed by atoms with E-state index in [0.29, 0.717) is 17.3 Å². The maximum Gasteiger partial charge on any atom is 0.398 e. The minimum atomic E-state index is -1.22. The van der Waals surface area contributed by atoms with Gasteiger partial charge in [0.15, 0.2) is 0 Å². The van der Waals surface area contributed by atoms with E-state index in [1.807, 2.05) is 18.2 Å². The number of ether oxygens (including phenoxy) is 1. The Labute approximate surface area is 103 Å². The van der Waals surface area contributed by atoms with Crippen LogP contribution in [0.5, 0.6) is 0 Å². The molecule has 1 atom stereocenters. The van der Waals surface area contributed by atoms with Crippen LogP contribution >= 0.6 is 15.9 Å². The summed E-state index contributed by atoms with van der Waals surface area (Å²) in [7, 11) is 1.30. The van der Waals surface area contributed by atoms with E-state index in [2.05, 4.69) is 20.8 Å². The molecule has 0 aliphatic heterocycles. The summed E-state index contributed by atoms with van der Waals surface area (Å²) in [5, 5.41) is 0.569. The smallest absolute Gasteiger partial charge is 0.398 e. The van der Waals surface area contributed by atoms with Crippen LogP contribution in [0, 0.1) is 6.57 Å². The van der Waals surface area contributed by atoms with Crippen LogP contribution < -0.4 is 0 Å². The van der Waals surface area contributed by atoms with Crippen molar-refractivity contribution in [1.82, 2.24) is 0 Å². The summed E-state index contributed by atoms with van der Waals surface area (Å²) < 4.78 is 4.74. The number of carbonyl (C=O) groups excluding carboxylic acids is 1. The van der Waals surface area contributed by atoms with Gasteiger partial charge in [-0.3, -0.25) is 4.85 Å². The molecule has 1 aromatic carbocycles. The number of halogens is 1. The van der Waals surface area contributed by atoms with Crippen LogP contribution in [0.2, 0.25) is 0 Å². The Morgan fingerprint density at radius 1 is 1.50 bits per heavy atom. The van der Waals surface area contributed by atoms with Gasteiger partial charge in [-0.25, -0.2) is 11.4 Å². The minimum absolute atomic E-state index is 0.396. The molecular weight excluding hydrogens is 270 g/mol. The second kappa shape index (κ2) is 5.66. The fourth-order valence-electron chi connectivity index (χ4n) is 1.55. The molecule has 1 rings (SSSR count). The summed E-state index contributed by atoms with van der Waals surface area (Å²) in [5.41, 5.74) is -0.546. The highest BCUT2D eigenvalue weighted by molar-refractivity contribution is 9.09. The van der Waals surface area contributed by atoms with E-state index in [-0.39, 0.29) is 0 Å². The first kappa shape index (κ1) is 12.7. The molecule has 0 saturated carbocycles. The molecule has 0 spiro atoms. The molecule has 0 N–H and O–H groups in total. The van der Waals surface area contributed by atoms with Gasteiger partial charge < -0.3 is 4.74 Å². The van der Waals surface area contributed by atoms with E-state index in [1.54, 1.807) is 12.1 Å². The van der Waals surface area contributed by atoms with Crippen molar-refractivity contribution in [1.29, 1.82) is 0 Å². The van der Waals surface area contributed by atoms with Gasteiger partial charge in [-0.2, -0.15) is 0 Å². The zero-order chi connectivity index (χ0) is 12.0. The molecule has 0 aliphatic rings. The van der Waals surface area contributed by atoms with Crippen LogP contribution in [-0.4, -0.2) is 18.4 Å². The van der Waals surface area contributed by atoms with Gasteiger partial charge in [-0.15, -0.1) is 0 Å². The predicted molar refractivity (Wildman–Crippen MR) is 65.1 cm³/mol. The number of methoxy groups -OCH3 is 1. The Bertz CT molecular complexity index is 399. The average Bonchev–Trinajstić information content (AvgIpc) is 2.36. The Kier molecular flexibility index (Phi) is 4.51. The van der Waals surface area contributed by atoms with E-state index in [1.165, 1.54) is 7.11 Å². The fourth-order valence-corrected chi connectivity index (χ4v) is 2.12. The number of esters is 1. The van der Waals surface area contributed by atoms with Gasteiger partial charge in [0.1, 0.15) is 0 Å². The van der Waals surface area contributed by atoms with Crippen LogP contribution in [0.3, 0.4) is 0 Å². The molecule has 0 heterocycles. The van der Waals surface area contributed by atoms with E-state index in [9.17, 15) is 4.79 Å². The van der Waals surface area contributed by atoms with Crippen molar-refractivity contribution in [3.8, 4) is 0 Å². The van der Waals surface area contributed by atoms with Gasteiger partial charge in [0.2, 0.25) is 0 Å². The molecule has 0 saturated heterocycles. The number of rotatable bonds is 4. The third-order valence-corrected chi connectivity index (χ3v) is 2.82. The quantitative estimate of drug-likeness (QED) is 0.483. The summed E-state index contributed by atoms with van der Waals surface area (Å²) in [4.78, 5) is 15.3. The predicted octanol–water partition coefficient (Wildman–Crippen LogP) is 2.76. The first-order chi connectivity index (χ1) is 7.71. The molecule has 0 radical (unpaired) electrons. The van der Waals surface area contributed by atoms with Crippen LogP contribution in [0.25, 0.3) is 4.85 Å². The lowest BCUT2D eigenvalue weighted by atomic mass is 9.88. The maximum absolute atomic E-state index is 11.8. The van der Waals surface area contributed by atoms with Crippen molar-refractivity contribution in [3.05, 3.63) is 47.3 Å². The molecule has 84 valence electrons. The van der Waals surface area contributed by atoms with E-state index in [0.717, 1.165) is 0 Å². The van der Waals surface area contributed by atoms with Crippen molar-refractivity contribution in [2.75, 3.05) is 12.4 Å². The van der Waals surface area contributed by atoms with Gasteiger partial charge in [-0.05, 0) is 0 Å². The topological polar surface area (TPSA) is 30.7 Å². The first-order valence-corrected chi connectivity index (χ1v) is 5.92. The van der Waals surface area contributed by atoms with Crippen molar-refractivity contribution in [3.63, 3.8) is 0 Å². The summed E-state index contributed by atoms with van der Waals surface area (Å²) >= 11 is 3.27. The molecule has 16 heavy (non-hydrogen) atoms. The Hall–Kier alpha value is -1.34. The second-order valence-electron chi connectivity index (χ2n) is 3.27. The molecular formula is C12H12BrNO2. The SMILES string of the molecule is [C-]#[N+][C@@](CCBr)(C(=O)OC)c1ccccc1. The summed E-state index contributed by atoms with van der Waals surface area (Å²) in [6, 6.07) is 9.03. The fraction of sp³-hybridized carbons (Fsp3) is 0.333. The third-order valence-electron chi connectivity index (χ3n) is 2.42. The lowest BCUT2D eigenvalue weighted by molar-refractivity contribution is -0.145. The zero-order valence-corrected chi connectivity index (χ0v) is 10.5. The maximum atomic E-state index is 11.8. The Balaban J connectivity index is 3.24. The van der Waals surface area contributed by atoms with Crippen LogP contribution in [0.1, 0.15) is 12.0 Å². The average molecular weight is 282 g/mol. The highest BCUT2D eigenvalue weighted by Gasteiger charge is 2.48. The molecule has 0 aliphatic carbocycles. The number of hydrogen-bond acceptors (Lipinski definition) is 2. The number of hydrogen-bond donors (Lipinski definition) is 0. The molecule has 0 amide bonds. The van der Waals surface area contributed by atoms with Gasteiger partial charge in [0.25, 0.3) is 0 Å². The number of benzene rings is 1. The molecule has 0 unspecified atom stereocenters. The second-order valence-corrected chi connectivity index (χ2v) is 4.06. The molecule has 3 nitrogen and oxygen atoms in total. The number of carbonyl (C=O) groups is 1. The first-order valence-electron chi connectivity index (χ1n) is 4.80. The summed E-state index contributed by atoms with van der Waals surface area (Å²) in [6.45, 7) is 7.29. The van der Waals surface area contributed by atoms with Crippen LogP contribution in [-0.2, 0) is 15.1 Å². The Morgan fingerprint density at radius 2 is 2.12 bits per heavy atom. The van der Waals surface area contributed by atoms with Gasteiger partial charge >= 0.3 is 11.5 Å². The van der Waals surface area contributed by atoms with Crippen molar-refractivity contribution in [2.45, 2.75) is 12.0 Å². The molecule has 1 aromatic rings. The molecule has 4 heteroatoms. The molecule has 0 fully saturated rings. The van der Waals surface area contributed by atoms with Gasteiger partial charge in [0, 0.05) is 10.9 Å². The van der Waals surface area contributed by atoms with Crippen molar-refractivity contribution in [2.24, 2.45) is 0 Å². The van der Waals surface area contributed by atoms with Gasteiger partial charge in [0.05, 0.1) is 13.5 Å². The van der Waals surface area contributed by atoms with E-state index in [4.69, 9.17) is 11.3 Å². The molecule has 0 bridgehead atoms. The van der Waals surface area contributed by atoms with Crippen LogP contribution in [0.4, 0.5) is 0 Å². The Morgan fingerprint density at radius 3 is 2.56 bits per heavy atom. The molecule has 0 aromatic heterocycles. The van der Waals surface area contributed by atoms with Gasteiger partial charge in [-0.1, -0.05) is 46.3 Å². The summed E-state index contributed by atoms with van der Waals surface area (Å²) in [6.07, 6.45) is 0.396. The highest BCUT2D eigenvalue weighted by atomic mass is 79.9. The monoisotopic (exact) mass is 281 g/mol. The normalized spacial score (nSPS) is 13.6. The van der Waals surface area contributed by atoms with E-state index < -0.39 is 11.5 Å². The lowest BCUT2D eigenvalue weighted by Gasteiger charge is -2.18. The minimum Gasteiger partial charge on any atom is -0.463 e. The number of nitrogens with zero attached hydrogens (tertiary/aromatic N) is 1. The highest BCUT2D eigenvalue weighted by Crippen LogP contribution is 2.32. The van der Waals surface area contributed by atoms with Crippen LogP contribution in [0.15, 0.2) is 30.3 Å². The number of alkyl halides is 1. The van der Waals surface area contributed by atoms with Crippen molar-refractivity contribution >= 4 is 21.9 Å².